The van der Waals surface area contributed by atoms with Crippen molar-refractivity contribution in [3.63, 3.8) is 0 Å². The molecule has 90 valence electrons. The summed E-state index contributed by atoms with van der Waals surface area (Å²) in [5.74, 6) is 2.55. The Morgan fingerprint density at radius 3 is 2.94 bits per heavy atom. The van der Waals surface area contributed by atoms with Crippen LogP contribution in [0.1, 0.15) is 46.0 Å². The van der Waals surface area contributed by atoms with Crippen molar-refractivity contribution in [1.29, 1.82) is 0 Å². The van der Waals surface area contributed by atoms with Gasteiger partial charge in [0.2, 0.25) is 0 Å². The summed E-state index contributed by atoms with van der Waals surface area (Å²) < 4.78 is 12.1. The lowest BCUT2D eigenvalue weighted by molar-refractivity contribution is -0.171. The number of allylic oxidation sites excluding steroid dienone is 1. The van der Waals surface area contributed by atoms with Gasteiger partial charge >= 0.3 is 0 Å². The van der Waals surface area contributed by atoms with Crippen LogP contribution in [-0.4, -0.2) is 18.8 Å². The predicted molar refractivity (Wildman–Crippen MR) is 63.1 cm³/mol. The third kappa shape index (κ3) is 1.17. The Hall–Kier alpha value is -0.500. The zero-order valence-electron chi connectivity index (χ0n) is 10.6. The van der Waals surface area contributed by atoms with Crippen LogP contribution in [0.3, 0.4) is 0 Å². The molecule has 1 saturated heterocycles. The van der Waals surface area contributed by atoms with E-state index in [1.807, 2.05) is 7.11 Å². The van der Waals surface area contributed by atoms with Gasteiger partial charge in [-0.3, -0.25) is 0 Å². The summed E-state index contributed by atoms with van der Waals surface area (Å²) in [7, 11) is 1.85. The van der Waals surface area contributed by atoms with Gasteiger partial charge in [-0.2, -0.15) is 0 Å². The van der Waals surface area contributed by atoms with Crippen molar-refractivity contribution in [3.05, 3.63) is 11.3 Å². The molecule has 1 spiro atoms. The van der Waals surface area contributed by atoms with Crippen LogP contribution in [0, 0.1) is 11.8 Å². The molecule has 0 N–H and O–H groups in total. The molecule has 4 atom stereocenters. The van der Waals surface area contributed by atoms with Crippen molar-refractivity contribution in [2.75, 3.05) is 7.11 Å². The largest absolute Gasteiger partial charge is 0.488 e. The Kier molecular flexibility index (Phi) is 2.32. The van der Waals surface area contributed by atoms with E-state index in [1.165, 1.54) is 37.0 Å². The quantitative estimate of drug-likeness (QED) is 0.678. The monoisotopic (exact) mass is 222 g/mol. The van der Waals surface area contributed by atoms with Gasteiger partial charge < -0.3 is 9.47 Å². The third-order valence-corrected chi connectivity index (χ3v) is 5.00. The summed E-state index contributed by atoms with van der Waals surface area (Å²) in [5.41, 5.74) is 1.52. The van der Waals surface area contributed by atoms with Crippen LogP contribution in [0.5, 0.6) is 0 Å². The molecule has 2 aliphatic heterocycles. The molecule has 3 aliphatic rings. The SMILES string of the molecule is CO[C@@H]1[C@H](C)CC[C@H]2C(C)=C3CCC[C@@]12O3. The van der Waals surface area contributed by atoms with Gasteiger partial charge in [0.05, 0.1) is 11.9 Å². The number of rotatable bonds is 1. The molecule has 0 aromatic heterocycles. The molecular formula is C14H22O2. The highest BCUT2D eigenvalue weighted by molar-refractivity contribution is 5.27. The van der Waals surface area contributed by atoms with Crippen molar-refractivity contribution in [3.8, 4) is 0 Å². The molecule has 0 radical (unpaired) electrons. The van der Waals surface area contributed by atoms with E-state index in [4.69, 9.17) is 9.47 Å². The molecule has 2 heterocycles. The van der Waals surface area contributed by atoms with Crippen molar-refractivity contribution in [2.45, 2.75) is 57.7 Å². The Bertz CT molecular complexity index is 334. The second kappa shape index (κ2) is 3.49. The van der Waals surface area contributed by atoms with Gasteiger partial charge in [-0.05, 0) is 44.1 Å². The second-order valence-corrected chi connectivity index (χ2v) is 5.78. The fourth-order valence-electron chi connectivity index (χ4n) is 4.29. The predicted octanol–water partition coefficient (Wildman–Crippen LogP) is 3.27. The van der Waals surface area contributed by atoms with Gasteiger partial charge in [-0.1, -0.05) is 6.92 Å². The lowest BCUT2D eigenvalue weighted by Gasteiger charge is -2.49. The molecule has 2 heteroatoms. The van der Waals surface area contributed by atoms with Crippen LogP contribution >= 0.6 is 0 Å². The van der Waals surface area contributed by atoms with Crippen molar-refractivity contribution in [2.24, 2.45) is 11.8 Å². The van der Waals surface area contributed by atoms with Crippen LogP contribution in [0.4, 0.5) is 0 Å². The molecule has 2 fully saturated rings. The smallest absolute Gasteiger partial charge is 0.141 e. The first-order valence-electron chi connectivity index (χ1n) is 6.60. The molecular weight excluding hydrogens is 200 g/mol. The van der Waals surface area contributed by atoms with Gasteiger partial charge in [0.25, 0.3) is 0 Å². The first-order chi connectivity index (χ1) is 7.69. The number of hydrogen-bond donors (Lipinski definition) is 0. The van der Waals surface area contributed by atoms with Crippen LogP contribution in [-0.2, 0) is 9.47 Å². The minimum atomic E-state index is 0.00405. The Morgan fingerprint density at radius 1 is 1.38 bits per heavy atom. The summed E-state index contributed by atoms with van der Waals surface area (Å²) in [6.07, 6.45) is 6.46. The van der Waals surface area contributed by atoms with E-state index in [0.717, 1.165) is 6.42 Å². The number of hydrogen-bond acceptors (Lipinski definition) is 2. The van der Waals surface area contributed by atoms with Crippen molar-refractivity contribution in [1.82, 2.24) is 0 Å². The highest BCUT2D eigenvalue weighted by Crippen LogP contribution is 2.56. The molecule has 0 aromatic rings. The topological polar surface area (TPSA) is 18.5 Å². The average molecular weight is 222 g/mol. The van der Waals surface area contributed by atoms with E-state index in [2.05, 4.69) is 13.8 Å². The second-order valence-electron chi connectivity index (χ2n) is 5.78. The summed E-state index contributed by atoms with van der Waals surface area (Å²) in [5, 5.41) is 0. The summed E-state index contributed by atoms with van der Waals surface area (Å²) in [6.45, 7) is 4.58. The average Bonchev–Trinajstić information content (AvgIpc) is 2.47. The molecule has 2 bridgehead atoms. The molecule has 0 amide bonds. The Balaban J connectivity index is 2.01. The molecule has 1 saturated carbocycles. The van der Waals surface area contributed by atoms with Crippen LogP contribution in [0.25, 0.3) is 0 Å². The van der Waals surface area contributed by atoms with E-state index in [1.54, 1.807) is 0 Å². The molecule has 16 heavy (non-hydrogen) atoms. The lowest BCUT2D eigenvalue weighted by atomic mass is 9.66. The summed E-state index contributed by atoms with van der Waals surface area (Å²) >= 11 is 0. The van der Waals surface area contributed by atoms with Gasteiger partial charge in [0, 0.05) is 19.4 Å². The van der Waals surface area contributed by atoms with E-state index >= 15 is 0 Å². The Labute approximate surface area is 98.0 Å². The normalized spacial score (nSPS) is 46.6. The molecule has 0 aromatic carbocycles. The van der Waals surface area contributed by atoms with Crippen molar-refractivity contribution < 1.29 is 9.47 Å². The minimum Gasteiger partial charge on any atom is -0.488 e. The first kappa shape index (κ1) is 10.6. The molecule has 1 aliphatic carbocycles. The highest BCUT2D eigenvalue weighted by Gasteiger charge is 2.58. The van der Waals surface area contributed by atoms with E-state index in [-0.39, 0.29) is 5.60 Å². The van der Waals surface area contributed by atoms with Gasteiger partial charge in [0.15, 0.2) is 0 Å². The maximum absolute atomic E-state index is 6.33. The molecule has 2 nitrogen and oxygen atoms in total. The molecule has 3 rings (SSSR count). The Morgan fingerprint density at radius 2 is 2.19 bits per heavy atom. The van der Waals surface area contributed by atoms with Crippen LogP contribution in [0.2, 0.25) is 0 Å². The minimum absolute atomic E-state index is 0.00405. The fraction of sp³-hybridized carbons (Fsp3) is 0.857. The molecule has 0 unspecified atom stereocenters. The number of ether oxygens (including phenoxy) is 2. The standard InChI is InChI=1S/C14H22O2/c1-9-6-7-11-10(2)12-5-4-8-14(11,16-12)13(9)15-3/h9,11,13H,4-8H2,1-3H3/t9-,11+,13-,14+/m1/s1. The maximum atomic E-state index is 6.33. The summed E-state index contributed by atoms with van der Waals surface area (Å²) in [6, 6.07) is 0. The maximum Gasteiger partial charge on any atom is 0.141 e. The van der Waals surface area contributed by atoms with E-state index in [0.29, 0.717) is 17.9 Å². The van der Waals surface area contributed by atoms with Crippen LogP contribution in [0.15, 0.2) is 11.3 Å². The van der Waals surface area contributed by atoms with Gasteiger partial charge in [-0.15, -0.1) is 0 Å². The number of methoxy groups -OCH3 is 1. The zero-order chi connectivity index (χ0) is 11.3. The fourth-order valence-corrected chi connectivity index (χ4v) is 4.29. The van der Waals surface area contributed by atoms with Gasteiger partial charge in [-0.25, -0.2) is 0 Å². The number of fused-ring (bicyclic) bond motifs is 1. The summed E-state index contributed by atoms with van der Waals surface area (Å²) in [4.78, 5) is 0. The van der Waals surface area contributed by atoms with Crippen LogP contribution < -0.4 is 0 Å². The van der Waals surface area contributed by atoms with E-state index in [9.17, 15) is 0 Å². The zero-order valence-corrected chi connectivity index (χ0v) is 10.6. The van der Waals surface area contributed by atoms with Gasteiger partial charge in [0.1, 0.15) is 5.60 Å². The highest BCUT2D eigenvalue weighted by atomic mass is 16.6. The first-order valence-corrected chi connectivity index (χ1v) is 6.60. The van der Waals surface area contributed by atoms with Crippen molar-refractivity contribution >= 4 is 0 Å². The van der Waals surface area contributed by atoms with E-state index < -0.39 is 0 Å². The third-order valence-electron chi connectivity index (χ3n) is 5.00. The lowest BCUT2D eigenvalue weighted by Crippen LogP contribution is -2.55.